The predicted octanol–water partition coefficient (Wildman–Crippen LogP) is 4.37. The number of fused-ring (bicyclic) bond motifs is 1. The molecule has 9 heteroatoms. The van der Waals surface area contributed by atoms with Crippen LogP contribution in [0, 0.1) is 6.92 Å². The predicted molar refractivity (Wildman–Crippen MR) is 142 cm³/mol. The zero-order valence-corrected chi connectivity index (χ0v) is 20.6. The van der Waals surface area contributed by atoms with Gasteiger partial charge < -0.3 is 14.9 Å². The van der Waals surface area contributed by atoms with E-state index >= 15 is 0 Å². The summed E-state index contributed by atoms with van der Waals surface area (Å²) in [6.07, 6.45) is 0. The second kappa shape index (κ2) is 9.50. The maximum Gasteiger partial charge on any atom is 0.336 e. The molecule has 1 saturated heterocycles. The fourth-order valence-electron chi connectivity index (χ4n) is 4.38. The fourth-order valence-corrected chi connectivity index (χ4v) is 5.43. The summed E-state index contributed by atoms with van der Waals surface area (Å²) in [5, 5.41) is 10.3. The number of aryl methyl sites for hydroxylation is 1. The van der Waals surface area contributed by atoms with Crippen molar-refractivity contribution in [2.24, 2.45) is 0 Å². The number of benzene rings is 3. The number of hydrogen-bond acceptors (Lipinski definition) is 6. The van der Waals surface area contributed by atoms with E-state index in [1.54, 1.807) is 30.3 Å². The molecular formula is C27H26N4O4S. The molecule has 3 aromatic carbocycles. The summed E-state index contributed by atoms with van der Waals surface area (Å²) in [5.74, 6) is -0.495. The van der Waals surface area contributed by atoms with Crippen molar-refractivity contribution in [1.82, 2.24) is 4.98 Å². The van der Waals surface area contributed by atoms with Crippen LogP contribution in [0.1, 0.15) is 15.9 Å². The van der Waals surface area contributed by atoms with Gasteiger partial charge >= 0.3 is 5.97 Å². The Morgan fingerprint density at radius 3 is 2.22 bits per heavy atom. The SMILES string of the molecule is Cc1ccc(S(=O)(=O)Nc2ccc3nc(N4CCN(c5ccccc5)CC4)cc(C(=O)O)c3c2)cc1. The molecule has 0 bridgehead atoms. The van der Waals surface area contributed by atoms with Gasteiger partial charge in [0, 0.05) is 42.9 Å². The molecule has 1 fully saturated rings. The molecule has 4 aromatic rings. The lowest BCUT2D eigenvalue weighted by molar-refractivity contribution is 0.0699. The number of rotatable bonds is 6. The van der Waals surface area contributed by atoms with E-state index in [9.17, 15) is 18.3 Å². The van der Waals surface area contributed by atoms with Gasteiger partial charge in [0.1, 0.15) is 5.82 Å². The van der Waals surface area contributed by atoms with Gasteiger partial charge in [0.05, 0.1) is 16.0 Å². The number of sulfonamides is 1. The fraction of sp³-hybridized carbons (Fsp3) is 0.185. The minimum atomic E-state index is -3.82. The van der Waals surface area contributed by atoms with Crippen LogP contribution in [0.4, 0.5) is 17.2 Å². The molecule has 0 radical (unpaired) electrons. The van der Waals surface area contributed by atoms with E-state index in [1.165, 1.54) is 18.2 Å². The zero-order valence-electron chi connectivity index (χ0n) is 19.8. The number of hydrogen-bond donors (Lipinski definition) is 2. The molecule has 0 spiro atoms. The molecule has 0 unspecified atom stereocenters. The van der Waals surface area contributed by atoms with E-state index in [0.717, 1.165) is 24.3 Å². The number of piperazine rings is 1. The van der Waals surface area contributed by atoms with Crippen LogP contribution < -0.4 is 14.5 Å². The van der Waals surface area contributed by atoms with Crippen LogP contribution in [0.25, 0.3) is 10.9 Å². The number of carbonyl (C=O) groups is 1. The van der Waals surface area contributed by atoms with Gasteiger partial charge in [-0.15, -0.1) is 0 Å². The molecule has 8 nitrogen and oxygen atoms in total. The number of carboxylic acids is 1. The molecule has 5 rings (SSSR count). The van der Waals surface area contributed by atoms with E-state index in [4.69, 9.17) is 4.98 Å². The van der Waals surface area contributed by atoms with Crippen molar-refractivity contribution in [2.75, 3.05) is 40.7 Å². The lowest BCUT2D eigenvalue weighted by Crippen LogP contribution is -2.46. The van der Waals surface area contributed by atoms with Gasteiger partial charge in [-0.05, 0) is 55.5 Å². The Morgan fingerprint density at radius 1 is 0.889 bits per heavy atom. The Labute approximate surface area is 209 Å². The average Bonchev–Trinajstić information content (AvgIpc) is 2.88. The maximum absolute atomic E-state index is 12.8. The Morgan fingerprint density at radius 2 is 1.56 bits per heavy atom. The lowest BCUT2D eigenvalue weighted by atomic mass is 10.1. The molecule has 36 heavy (non-hydrogen) atoms. The summed E-state index contributed by atoms with van der Waals surface area (Å²) in [6, 6.07) is 23.0. The smallest absolute Gasteiger partial charge is 0.336 e. The molecule has 1 aromatic heterocycles. The van der Waals surface area contributed by atoms with Gasteiger partial charge in [0.15, 0.2) is 0 Å². The van der Waals surface area contributed by atoms with Crippen molar-refractivity contribution >= 4 is 44.1 Å². The first-order valence-corrected chi connectivity index (χ1v) is 13.1. The molecule has 184 valence electrons. The quantitative estimate of drug-likeness (QED) is 0.404. The van der Waals surface area contributed by atoms with Gasteiger partial charge in [-0.3, -0.25) is 4.72 Å². The Hall–Kier alpha value is -4.11. The Balaban J connectivity index is 1.41. The molecule has 1 aliphatic heterocycles. The number of aromatic carboxylic acids is 1. The summed E-state index contributed by atoms with van der Waals surface area (Å²) < 4.78 is 28.2. The Kier molecular flexibility index (Phi) is 6.24. The van der Waals surface area contributed by atoms with Crippen LogP contribution >= 0.6 is 0 Å². The summed E-state index contributed by atoms with van der Waals surface area (Å²) in [6.45, 7) is 4.89. The van der Waals surface area contributed by atoms with Crippen LogP contribution in [0.2, 0.25) is 0 Å². The molecule has 0 amide bonds. The number of carboxylic acid groups (broad SMARTS) is 1. The normalized spacial score (nSPS) is 14.1. The molecular weight excluding hydrogens is 476 g/mol. The lowest BCUT2D eigenvalue weighted by Gasteiger charge is -2.37. The van der Waals surface area contributed by atoms with Crippen molar-refractivity contribution in [3.8, 4) is 0 Å². The molecule has 2 N–H and O–H groups in total. The number of nitrogens with one attached hydrogen (secondary N) is 1. The third-order valence-corrected chi connectivity index (χ3v) is 7.73. The van der Waals surface area contributed by atoms with E-state index in [0.29, 0.717) is 29.8 Å². The van der Waals surface area contributed by atoms with Gasteiger partial charge in [-0.2, -0.15) is 0 Å². The van der Waals surface area contributed by atoms with Gasteiger partial charge in [0.25, 0.3) is 10.0 Å². The minimum Gasteiger partial charge on any atom is -0.478 e. The Bertz CT molecular complexity index is 1520. The van der Waals surface area contributed by atoms with Crippen molar-refractivity contribution in [1.29, 1.82) is 0 Å². The first kappa shape index (κ1) is 23.6. The van der Waals surface area contributed by atoms with E-state index in [1.807, 2.05) is 25.1 Å². The highest BCUT2D eigenvalue weighted by Gasteiger charge is 2.22. The summed E-state index contributed by atoms with van der Waals surface area (Å²) in [5.41, 5.74) is 2.96. The number of anilines is 3. The molecule has 2 heterocycles. The zero-order chi connectivity index (χ0) is 25.3. The highest BCUT2D eigenvalue weighted by atomic mass is 32.2. The van der Waals surface area contributed by atoms with Crippen molar-refractivity contribution in [3.63, 3.8) is 0 Å². The topological polar surface area (TPSA) is 103 Å². The van der Waals surface area contributed by atoms with Crippen LogP contribution in [0.3, 0.4) is 0 Å². The van der Waals surface area contributed by atoms with E-state index < -0.39 is 16.0 Å². The minimum absolute atomic E-state index is 0.0804. The third kappa shape index (κ3) is 4.83. The summed E-state index contributed by atoms with van der Waals surface area (Å²) in [4.78, 5) is 21.4. The largest absolute Gasteiger partial charge is 0.478 e. The second-order valence-electron chi connectivity index (χ2n) is 8.79. The number of aromatic nitrogens is 1. The van der Waals surface area contributed by atoms with Gasteiger partial charge in [-0.25, -0.2) is 18.2 Å². The first-order chi connectivity index (χ1) is 17.3. The third-order valence-electron chi connectivity index (χ3n) is 6.33. The summed E-state index contributed by atoms with van der Waals surface area (Å²) in [7, 11) is -3.82. The van der Waals surface area contributed by atoms with E-state index in [-0.39, 0.29) is 16.1 Å². The van der Waals surface area contributed by atoms with Crippen molar-refractivity contribution < 1.29 is 18.3 Å². The molecule has 0 atom stereocenters. The van der Waals surface area contributed by atoms with Gasteiger partial charge in [-0.1, -0.05) is 35.9 Å². The van der Waals surface area contributed by atoms with E-state index in [2.05, 4.69) is 26.7 Å². The standard InChI is InChI=1S/C27H26N4O4S/c1-19-7-10-22(11-8-19)36(34,35)29-20-9-12-25-23(17-20)24(27(32)33)18-26(28-25)31-15-13-30(14-16-31)21-5-3-2-4-6-21/h2-12,17-18,29H,13-16H2,1H3,(H,32,33). The highest BCUT2D eigenvalue weighted by Crippen LogP contribution is 2.28. The molecule has 0 saturated carbocycles. The van der Waals surface area contributed by atoms with Crippen LogP contribution in [0.15, 0.2) is 83.8 Å². The van der Waals surface area contributed by atoms with Crippen molar-refractivity contribution in [3.05, 3.63) is 90.0 Å². The number of pyridine rings is 1. The second-order valence-corrected chi connectivity index (χ2v) is 10.5. The van der Waals surface area contributed by atoms with Gasteiger partial charge in [0.2, 0.25) is 0 Å². The number of nitrogens with zero attached hydrogens (tertiary/aromatic N) is 3. The molecule has 0 aliphatic carbocycles. The van der Waals surface area contributed by atoms with Crippen LogP contribution in [-0.4, -0.2) is 50.7 Å². The van der Waals surface area contributed by atoms with Crippen LogP contribution in [-0.2, 0) is 10.0 Å². The average molecular weight is 503 g/mol. The van der Waals surface area contributed by atoms with Crippen LogP contribution in [0.5, 0.6) is 0 Å². The monoisotopic (exact) mass is 502 g/mol. The first-order valence-electron chi connectivity index (χ1n) is 11.6. The highest BCUT2D eigenvalue weighted by molar-refractivity contribution is 7.92. The summed E-state index contributed by atoms with van der Waals surface area (Å²) >= 11 is 0. The van der Waals surface area contributed by atoms with Crippen molar-refractivity contribution in [2.45, 2.75) is 11.8 Å². The molecule has 1 aliphatic rings. The number of para-hydroxylation sites is 1. The maximum atomic E-state index is 12.8.